The SMILES string of the molecule is NC(=O)CCC(C(=O)O)N(C=O)c1cc(O)c(O)c(O)c1. The van der Waals surface area contributed by atoms with Crippen molar-refractivity contribution in [2.24, 2.45) is 5.73 Å². The van der Waals surface area contributed by atoms with Crippen molar-refractivity contribution in [2.75, 3.05) is 4.90 Å². The first-order chi connectivity index (χ1) is 9.77. The van der Waals surface area contributed by atoms with Gasteiger partial charge in [-0.3, -0.25) is 9.59 Å². The van der Waals surface area contributed by atoms with Crippen LogP contribution in [0.1, 0.15) is 12.8 Å². The van der Waals surface area contributed by atoms with Crippen molar-refractivity contribution in [3.05, 3.63) is 12.1 Å². The van der Waals surface area contributed by atoms with Crippen LogP contribution in [0.25, 0.3) is 0 Å². The Balaban J connectivity index is 3.16. The van der Waals surface area contributed by atoms with Crippen molar-refractivity contribution < 1.29 is 34.8 Å². The summed E-state index contributed by atoms with van der Waals surface area (Å²) in [6.45, 7) is 0. The summed E-state index contributed by atoms with van der Waals surface area (Å²) in [5, 5.41) is 37.1. The minimum Gasteiger partial charge on any atom is -0.504 e. The average Bonchev–Trinajstić information content (AvgIpc) is 2.39. The van der Waals surface area contributed by atoms with E-state index in [2.05, 4.69) is 0 Å². The number of carbonyl (C=O) groups excluding carboxylic acids is 2. The first kappa shape index (κ1) is 16.1. The molecule has 1 aromatic carbocycles. The highest BCUT2D eigenvalue weighted by atomic mass is 16.4. The van der Waals surface area contributed by atoms with Gasteiger partial charge in [0.05, 0.1) is 5.69 Å². The molecule has 114 valence electrons. The van der Waals surface area contributed by atoms with Crippen molar-refractivity contribution >= 4 is 24.0 Å². The molecule has 9 nitrogen and oxygen atoms in total. The van der Waals surface area contributed by atoms with E-state index in [9.17, 15) is 29.7 Å². The van der Waals surface area contributed by atoms with E-state index in [0.29, 0.717) is 4.90 Å². The van der Waals surface area contributed by atoms with Crippen molar-refractivity contribution in [1.29, 1.82) is 0 Å². The molecule has 1 aromatic rings. The van der Waals surface area contributed by atoms with Gasteiger partial charge in [0.1, 0.15) is 6.04 Å². The first-order valence-electron chi connectivity index (χ1n) is 5.77. The summed E-state index contributed by atoms with van der Waals surface area (Å²) in [7, 11) is 0. The quantitative estimate of drug-likeness (QED) is 0.334. The Morgan fingerprint density at radius 3 is 2.14 bits per heavy atom. The molecule has 0 radical (unpaired) electrons. The summed E-state index contributed by atoms with van der Waals surface area (Å²) in [6.07, 6.45) is -0.339. The van der Waals surface area contributed by atoms with Gasteiger partial charge in [-0.25, -0.2) is 4.79 Å². The molecule has 21 heavy (non-hydrogen) atoms. The lowest BCUT2D eigenvalue weighted by atomic mass is 10.1. The lowest BCUT2D eigenvalue weighted by molar-refractivity contribution is -0.139. The van der Waals surface area contributed by atoms with Crippen molar-refractivity contribution in [3.8, 4) is 17.2 Å². The van der Waals surface area contributed by atoms with Crippen LogP contribution in [0.2, 0.25) is 0 Å². The number of benzene rings is 1. The molecule has 0 spiro atoms. The third-order valence-corrected chi connectivity index (χ3v) is 2.75. The Morgan fingerprint density at radius 2 is 1.76 bits per heavy atom. The number of nitrogens with two attached hydrogens (primary N) is 1. The maximum absolute atomic E-state index is 11.2. The molecule has 0 aliphatic carbocycles. The molecule has 0 saturated heterocycles. The van der Waals surface area contributed by atoms with E-state index in [4.69, 9.17) is 10.8 Å². The van der Waals surface area contributed by atoms with Crippen LogP contribution in [0.3, 0.4) is 0 Å². The summed E-state index contributed by atoms with van der Waals surface area (Å²) in [4.78, 5) is 33.8. The molecule has 0 fully saturated rings. The number of aromatic hydroxyl groups is 3. The maximum atomic E-state index is 11.2. The zero-order valence-electron chi connectivity index (χ0n) is 10.8. The van der Waals surface area contributed by atoms with Gasteiger partial charge in [-0.15, -0.1) is 0 Å². The standard InChI is InChI=1S/C12H14N2O7/c13-10(18)2-1-7(12(20)21)14(5-15)6-3-8(16)11(19)9(17)4-6/h3-5,7,16-17,19H,1-2H2,(H2,13,18)(H,20,21). The number of carbonyl (C=O) groups is 3. The summed E-state index contributed by atoms with van der Waals surface area (Å²) in [6, 6.07) is 0.395. The van der Waals surface area contributed by atoms with Crippen LogP contribution in [0.5, 0.6) is 17.2 Å². The number of hydrogen-bond acceptors (Lipinski definition) is 6. The predicted molar refractivity (Wildman–Crippen MR) is 69.8 cm³/mol. The number of phenolic OH excluding ortho intramolecular Hbond substituents is 3. The van der Waals surface area contributed by atoms with Crippen LogP contribution in [-0.4, -0.2) is 44.8 Å². The van der Waals surface area contributed by atoms with E-state index in [1.807, 2.05) is 0 Å². The lowest BCUT2D eigenvalue weighted by Crippen LogP contribution is -2.41. The van der Waals surface area contributed by atoms with Crippen LogP contribution in [0.15, 0.2) is 12.1 Å². The van der Waals surface area contributed by atoms with Crippen molar-refractivity contribution in [1.82, 2.24) is 0 Å². The van der Waals surface area contributed by atoms with Crippen LogP contribution in [0, 0.1) is 0 Å². The number of nitrogens with zero attached hydrogens (tertiary/aromatic N) is 1. The predicted octanol–water partition coefficient (Wildman–Crippen LogP) is -0.515. The number of carboxylic acid groups (broad SMARTS) is 1. The second kappa shape index (κ2) is 6.46. The number of phenols is 3. The Kier molecular flexibility index (Phi) is 4.95. The average molecular weight is 298 g/mol. The molecule has 0 aliphatic heterocycles. The van der Waals surface area contributed by atoms with Gasteiger partial charge in [-0.05, 0) is 6.42 Å². The highest BCUT2D eigenvalue weighted by Gasteiger charge is 2.27. The van der Waals surface area contributed by atoms with Crippen LogP contribution in [-0.2, 0) is 14.4 Å². The van der Waals surface area contributed by atoms with Gasteiger partial charge in [0, 0.05) is 18.6 Å². The molecule has 1 unspecified atom stereocenters. The molecule has 1 rings (SSSR count). The smallest absolute Gasteiger partial charge is 0.326 e. The molecule has 0 saturated carbocycles. The zero-order chi connectivity index (χ0) is 16.2. The van der Waals surface area contributed by atoms with E-state index in [0.717, 1.165) is 12.1 Å². The fourth-order valence-electron chi connectivity index (χ4n) is 1.71. The fourth-order valence-corrected chi connectivity index (χ4v) is 1.71. The van der Waals surface area contributed by atoms with Gasteiger partial charge in [0.15, 0.2) is 17.2 Å². The molecule has 0 bridgehead atoms. The van der Waals surface area contributed by atoms with Gasteiger partial charge in [0.25, 0.3) is 0 Å². The third kappa shape index (κ3) is 3.75. The van der Waals surface area contributed by atoms with Crippen LogP contribution >= 0.6 is 0 Å². The topological polar surface area (TPSA) is 161 Å². The summed E-state index contributed by atoms with van der Waals surface area (Å²) >= 11 is 0. The number of aliphatic carboxylic acids is 1. The summed E-state index contributed by atoms with van der Waals surface area (Å²) in [5.74, 6) is -4.38. The number of anilines is 1. The normalized spacial score (nSPS) is 11.6. The third-order valence-electron chi connectivity index (χ3n) is 2.75. The number of primary amides is 1. The van der Waals surface area contributed by atoms with Gasteiger partial charge in [-0.2, -0.15) is 0 Å². The molecule has 9 heteroatoms. The van der Waals surface area contributed by atoms with E-state index in [1.54, 1.807) is 0 Å². The van der Waals surface area contributed by atoms with E-state index >= 15 is 0 Å². The number of hydrogen-bond donors (Lipinski definition) is 5. The molecule has 0 aromatic heterocycles. The van der Waals surface area contributed by atoms with Crippen molar-refractivity contribution in [3.63, 3.8) is 0 Å². The monoisotopic (exact) mass is 298 g/mol. The van der Waals surface area contributed by atoms with Gasteiger partial charge < -0.3 is 31.1 Å². The second-order valence-electron chi connectivity index (χ2n) is 4.20. The highest BCUT2D eigenvalue weighted by Crippen LogP contribution is 2.39. The van der Waals surface area contributed by atoms with Crippen LogP contribution < -0.4 is 10.6 Å². The minimum atomic E-state index is -1.42. The number of amides is 2. The Morgan fingerprint density at radius 1 is 1.24 bits per heavy atom. The molecule has 0 heterocycles. The molecular formula is C12H14N2O7. The number of rotatable bonds is 7. The fraction of sp³-hybridized carbons (Fsp3) is 0.250. The van der Waals surface area contributed by atoms with Gasteiger partial charge in [0.2, 0.25) is 12.3 Å². The minimum absolute atomic E-state index is 0.158. The Bertz CT molecular complexity index is 550. The van der Waals surface area contributed by atoms with Crippen molar-refractivity contribution in [2.45, 2.75) is 18.9 Å². The molecule has 2 amide bonds. The van der Waals surface area contributed by atoms with E-state index < -0.39 is 35.2 Å². The summed E-state index contributed by atoms with van der Waals surface area (Å²) < 4.78 is 0. The molecule has 0 aliphatic rings. The molecular weight excluding hydrogens is 284 g/mol. The summed E-state index contributed by atoms with van der Waals surface area (Å²) in [5.41, 5.74) is 4.78. The zero-order valence-corrected chi connectivity index (χ0v) is 10.8. The lowest BCUT2D eigenvalue weighted by Gasteiger charge is -2.25. The Labute approximate surface area is 118 Å². The maximum Gasteiger partial charge on any atom is 0.326 e. The van der Waals surface area contributed by atoms with E-state index in [1.165, 1.54) is 0 Å². The highest BCUT2D eigenvalue weighted by molar-refractivity contribution is 5.89. The molecule has 1 atom stereocenters. The second-order valence-corrected chi connectivity index (χ2v) is 4.20. The number of carboxylic acids is 1. The van der Waals surface area contributed by atoms with Crippen LogP contribution in [0.4, 0.5) is 5.69 Å². The van der Waals surface area contributed by atoms with Gasteiger partial charge >= 0.3 is 5.97 Å². The van der Waals surface area contributed by atoms with Gasteiger partial charge in [-0.1, -0.05) is 0 Å². The van der Waals surface area contributed by atoms with E-state index in [-0.39, 0.29) is 24.9 Å². The largest absolute Gasteiger partial charge is 0.504 e. The Hall–Kier alpha value is -2.97. The molecule has 6 N–H and O–H groups in total. The first-order valence-corrected chi connectivity index (χ1v) is 5.77.